The number of rotatable bonds is 2. The van der Waals surface area contributed by atoms with Gasteiger partial charge in [-0.2, -0.15) is 0 Å². The van der Waals surface area contributed by atoms with Gasteiger partial charge in [0.15, 0.2) is 0 Å². The molecule has 3 heterocycles. The molecular weight excluding hydrogens is 278 g/mol. The molecule has 3 atom stereocenters. The van der Waals surface area contributed by atoms with Crippen molar-refractivity contribution in [1.82, 2.24) is 15.1 Å². The summed E-state index contributed by atoms with van der Waals surface area (Å²) < 4.78 is 5.48. The summed E-state index contributed by atoms with van der Waals surface area (Å²) in [5, 5.41) is 3.83. The molecule has 1 N–H and O–H groups in total. The van der Waals surface area contributed by atoms with Crippen LogP contribution >= 0.6 is 0 Å². The van der Waals surface area contributed by atoms with Gasteiger partial charge in [0.1, 0.15) is 5.60 Å². The lowest BCUT2D eigenvalue weighted by molar-refractivity contribution is 0.0290. The van der Waals surface area contributed by atoms with Crippen LogP contribution in [0.4, 0.5) is 4.79 Å². The van der Waals surface area contributed by atoms with Crippen molar-refractivity contribution in [3.05, 3.63) is 0 Å². The number of carbonyl (C=O) groups excluding carboxylic acids is 1. The first kappa shape index (κ1) is 16.1. The van der Waals surface area contributed by atoms with E-state index in [1.54, 1.807) is 0 Å². The third-order valence-corrected chi connectivity index (χ3v) is 5.15. The van der Waals surface area contributed by atoms with Crippen molar-refractivity contribution in [2.75, 3.05) is 26.2 Å². The predicted molar refractivity (Wildman–Crippen MR) is 87.0 cm³/mol. The lowest BCUT2D eigenvalue weighted by Gasteiger charge is -2.33. The van der Waals surface area contributed by atoms with Gasteiger partial charge >= 0.3 is 6.09 Å². The Bertz CT molecular complexity index is 407. The fourth-order valence-electron chi connectivity index (χ4n) is 4.13. The van der Waals surface area contributed by atoms with E-state index >= 15 is 0 Å². The smallest absolute Gasteiger partial charge is 0.410 e. The summed E-state index contributed by atoms with van der Waals surface area (Å²) in [6.45, 7) is 9.89. The summed E-state index contributed by atoms with van der Waals surface area (Å²) in [6, 6.07) is 1.77. The van der Waals surface area contributed by atoms with E-state index in [1.807, 2.05) is 25.7 Å². The highest BCUT2D eigenvalue weighted by molar-refractivity contribution is 5.68. The number of nitrogens with one attached hydrogen (secondary N) is 1. The molecule has 3 unspecified atom stereocenters. The molecule has 3 aliphatic rings. The fraction of sp³-hybridized carbons (Fsp3) is 0.941. The van der Waals surface area contributed by atoms with Gasteiger partial charge in [-0.25, -0.2) is 4.79 Å². The summed E-state index contributed by atoms with van der Waals surface area (Å²) in [5.74, 6) is 0. The molecule has 5 heteroatoms. The van der Waals surface area contributed by atoms with Crippen molar-refractivity contribution in [1.29, 1.82) is 0 Å². The number of ether oxygens (including phenoxy) is 1. The Kier molecular flexibility index (Phi) is 4.64. The number of fused-ring (bicyclic) bond motifs is 1. The first-order chi connectivity index (χ1) is 10.4. The van der Waals surface area contributed by atoms with Crippen molar-refractivity contribution < 1.29 is 9.53 Å². The Morgan fingerprint density at radius 3 is 2.68 bits per heavy atom. The summed E-state index contributed by atoms with van der Waals surface area (Å²) in [6.07, 6.45) is 6.20. The van der Waals surface area contributed by atoms with Crippen molar-refractivity contribution >= 4 is 6.09 Å². The van der Waals surface area contributed by atoms with Gasteiger partial charge in [0, 0.05) is 37.8 Å². The van der Waals surface area contributed by atoms with Crippen LogP contribution < -0.4 is 5.32 Å². The van der Waals surface area contributed by atoms with Gasteiger partial charge in [0.05, 0.1) is 0 Å². The second kappa shape index (κ2) is 6.36. The number of amides is 1. The molecule has 22 heavy (non-hydrogen) atoms. The first-order valence-electron chi connectivity index (χ1n) is 8.90. The van der Waals surface area contributed by atoms with Crippen molar-refractivity contribution in [3.63, 3.8) is 0 Å². The van der Waals surface area contributed by atoms with E-state index in [0.717, 1.165) is 25.6 Å². The van der Waals surface area contributed by atoms with E-state index < -0.39 is 5.60 Å². The third kappa shape index (κ3) is 3.74. The van der Waals surface area contributed by atoms with Gasteiger partial charge < -0.3 is 15.0 Å². The summed E-state index contributed by atoms with van der Waals surface area (Å²) in [7, 11) is 0. The highest BCUT2D eigenvalue weighted by atomic mass is 16.6. The highest BCUT2D eigenvalue weighted by Gasteiger charge is 2.38. The average Bonchev–Trinajstić information content (AvgIpc) is 3.05. The van der Waals surface area contributed by atoms with Crippen LogP contribution in [0.1, 0.15) is 52.9 Å². The Labute approximate surface area is 134 Å². The maximum atomic E-state index is 12.1. The van der Waals surface area contributed by atoms with Crippen LogP contribution in [-0.2, 0) is 4.74 Å². The summed E-state index contributed by atoms with van der Waals surface area (Å²) >= 11 is 0. The molecule has 0 aliphatic carbocycles. The molecule has 5 nitrogen and oxygen atoms in total. The monoisotopic (exact) mass is 309 g/mol. The molecule has 1 amide bonds. The molecule has 0 saturated carbocycles. The van der Waals surface area contributed by atoms with Gasteiger partial charge in [-0.15, -0.1) is 0 Å². The lowest BCUT2D eigenvalue weighted by Crippen LogP contribution is -2.49. The minimum Gasteiger partial charge on any atom is -0.444 e. The molecule has 0 spiro atoms. The van der Waals surface area contributed by atoms with Crippen molar-refractivity contribution in [3.8, 4) is 0 Å². The number of carbonyl (C=O) groups is 1. The van der Waals surface area contributed by atoms with Crippen molar-refractivity contribution in [2.45, 2.75) is 76.6 Å². The molecule has 0 aromatic carbocycles. The number of piperidine rings is 1. The zero-order chi connectivity index (χ0) is 15.7. The van der Waals surface area contributed by atoms with Gasteiger partial charge in [-0.1, -0.05) is 6.42 Å². The average molecular weight is 309 g/mol. The zero-order valence-electron chi connectivity index (χ0n) is 14.3. The van der Waals surface area contributed by atoms with E-state index in [-0.39, 0.29) is 6.09 Å². The zero-order valence-corrected chi connectivity index (χ0v) is 14.3. The third-order valence-electron chi connectivity index (χ3n) is 5.15. The topological polar surface area (TPSA) is 44.8 Å². The van der Waals surface area contributed by atoms with Crippen LogP contribution in [0.15, 0.2) is 0 Å². The summed E-state index contributed by atoms with van der Waals surface area (Å²) in [5.41, 5.74) is -0.406. The molecule has 0 aromatic rings. The Hall–Kier alpha value is -0.810. The number of nitrogens with zero attached hydrogens (tertiary/aromatic N) is 2. The van der Waals surface area contributed by atoms with E-state index in [1.165, 1.54) is 38.8 Å². The molecule has 3 saturated heterocycles. The molecule has 3 fully saturated rings. The predicted octanol–water partition coefficient (Wildman–Crippen LogP) is 2.21. The van der Waals surface area contributed by atoms with Crippen LogP contribution in [0.5, 0.6) is 0 Å². The van der Waals surface area contributed by atoms with Gasteiger partial charge in [0.2, 0.25) is 0 Å². The highest BCUT2D eigenvalue weighted by Crippen LogP contribution is 2.28. The fourth-order valence-corrected chi connectivity index (χ4v) is 4.13. The Morgan fingerprint density at radius 2 is 1.91 bits per heavy atom. The Morgan fingerprint density at radius 1 is 1.09 bits per heavy atom. The van der Waals surface area contributed by atoms with Crippen LogP contribution in [0, 0.1) is 0 Å². The van der Waals surface area contributed by atoms with Crippen LogP contribution in [0.2, 0.25) is 0 Å². The van der Waals surface area contributed by atoms with Crippen LogP contribution in [0.3, 0.4) is 0 Å². The molecule has 0 bridgehead atoms. The molecule has 3 rings (SSSR count). The normalized spacial score (nSPS) is 33.0. The van der Waals surface area contributed by atoms with E-state index in [2.05, 4.69) is 10.2 Å². The molecule has 126 valence electrons. The quantitative estimate of drug-likeness (QED) is 0.849. The molecule has 0 radical (unpaired) electrons. The second-order valence-electron chi connectivity index (χ2n) is 8.07. The lowest BCUT2D eigenvalue weighted by atomic mass is 9.98. The van der Waals surface area contributed by atoms with Crippen molar-refractivity contribution in [2.24, 2.45) is 0 Å². The van der Waals surface area contributed by atoms with Crippen LogP contribution in [0.25, 0.3) is 0 Å². The standard InChI is InChI=1S/C17H31N3O2/c1-17(2,3)22-16(21)20-10-7-13(12-20)18-14-8-11-19-9-5-4-6-15(14)19/h13-15,18H,4-12H2,1-3H3. The second-order valence-corrected chi connectivity index (χ2v) is 8.07. The minimum atomic E-state index is -0.406. The van der Waals surface area contributed by atoms with E-state index in [9.17, 15) is 4.79 Å². The number of likely N-dealkylation sites (tertiary alicyclic amines) is 1. The molecule has 0 aromatic heterocycles. The minimum absolute atomic E-state index is 0.164. The van der Waals surface area contributed by atoms with Gasteiger partial charge in [-0.05, 0) is 53.0 Å². The summed E-state index contributed by atoms with van der Waals surface area (Å²) in [4.78, 5) is 16.7. The van der Waals surface area contributed by atoms with E-state index in [0.29, 0.717) is 12.1 Å². The Balaban J connectivity index is 1.48. The number of hydrogen-bond donors (Lipinski definition) is 1. The van der Waals surface area contributed by atoms with Crippen LogP contribution in [-0.4, -0.2) is 65.8 Å². The largest absolute Gasteiger partial charge is 0.444 e. The molecular formula is C17H31N3O2. The van der Waals surface area contributed by atoms with Gasteiger partial charge in [-0.3, -0.25) is 4.90 Å². The van der Waals surface area contributed by atoms with E-state index in [4.69, 9.17) is 4.74 Å². The number of hydrogen-bond acceptors (Lipinski definition) is 4. The maximum Gasteiger partial charge on any atom is 0.410 e. The maximum absolute atomic E-state index is 12.1. The molecule has 3 aliphatic heterocycles. The first-order valence-corrected chi connectivity index (χ1v) is 8.90. The van der Waals surface area contributed by atoms with Gasteiger partial charge in [0.25, 0.3) is 0 Å². The SMILES string of the molecule is CC(C)(C)OC(=O)N1CCC(NC2CCN3CCCCC23)C1.